The Labute approximate surface area is 136 Å². The van der Waals surface area contributed by atoms with Gasteiger partial charge in [0.05, 0.1) is 11.6 Å². The monoisotopic (exact) mass is 313 g/mol. The van der Waals surface area contributed by atoms with E-state index in [9.17, 15) is 4.79 Å². The Kier molecular flexibility index (Phi) is 4.77. The highest BCUT2D eigenvalue weighted by Crippen LogP contribution is 2.27. The van der Waals surface area contributed by atoms with Gasteiger partial charge >= 0.3 is 0 Å². The SMILES string of the molecule is N#Cc1ccnc(N2CCN(C(=O)C[C@@H]3CCC[C@H]3N)CC2)c1. The van der Waals surface area contributed by atoms with Crippen molar-refractivity contribution < 1.29 is 4.79 Å². The van der Waals surface area contributed by atoms with Gasteiger partial charge in [0.25, 0.3) is 0 Å². The van der Waals surface area contributed by atoms with Gasteiger partial charge in [0, 0.05) is 44.8 Å². The van der Waals surface area contributed by atoms with Crippen LogP contribution in [-0.2, 0) is 4.79 Å². The summed E-state index contributed by atoms with van der Waals surface area (Å²) in [4.78, 5) is 20.8. The minimum Gasteiger partial charge on any atom is -0.353 e. The average molecular weight is 313 g/mol. The standard InChI is InChI=1S/C17H23N5O/c18-12-13-4-5-20-16(10-13)21-6-8-22(9-7-21)17(23)11-14-2-1-3-15(14)19/h4-5,10,14-15H,1-3,6-9,11,19H2/t14-,15+/m0/s1. The van der Waals surface area contributed by atoms with Crippen LogP contribution in [0.1, 0.15) is 31.2 Å². The first-order valence-corrected chi connectivity index (χ1v) is 8.32. The number of rotatable bonds is 3. The molecular weight excluding hydrogens is 290 g/mol. The molecule has 6 heteroatoms. The van der Waals surface area contributed by atoms with E-state index in [4.69, 9.17) is 11.0 Å². The van der Waals surface area contributed by atoms with Crippen LogP contribution >= 0.6 is 0 Å². The molecule has 2 N–H and O–H groups in total. The number of carbonyl (C=O) groups is 1. The fourth-order valence-electron chi connectivity index (χ4n) is 3.52. The second kappa shape index (κ2) is 6.97. The van der Waals surface area contributed by atoms with Crippen LogP contribution in [0.5, 0.6) is 0 Å². The Balaban J connectivity index is 1.53. The van der Waals surface area contributed by atoms with Crippen molar-refractivity contribution >= 4 is 11.7 Å². The van der Waals surface area contributed by atoms with Crippen LogP contribution in [0.15, 0.2) is 18.3 Å². The molecule has 2 fully saturated rings. The van der Waals surface area contributed by atoms with Crippen molar-refractivity contribution in [1.29, 1.82) is 5.26 Å². The molecule has 1 aliphatic heterocycles. The number of aromatic nitrogens is 1. The lowest BCUT2D eigenvalue weighted by Gasteiger charge is -2.36. The Bertz CT molecular complexity index is 603. The maximum Gasteiger partial charge on any atom is 0.223 e. The van der Waals surface area contributed by atoms with Gasteiger partial charge in [-0.15, -0.1) is 0 Å². The van der Waals surface area contributed by atoms with E-state index in [-0.39, 0.29) is 11.9 Å². The van der Waals surface area contributed by atoms with Crippen LogP contribution < -0.4 is 10.6 Å². The second-order valence-electron chi connectivity index (χ2n) is 6.44. The molecule has 1 aliphatic carbocycles. The normalized spacial score (nSPS) is 24.5. The number of anilines is 1. The molecule has 2 atom stereocenters. The fraction of sp³-hybridized carbons (Fsp3) is 0.588. The first kappa shape index (κ1) is 15.8. The Morgan fingerprint density at radius 2 is 2.13 bits per heavy atom. The van der Waals surface area contributed by atoms with E-state index in [1.54, 1.807) is 18.3 Å². The van der Waals surface area contributed by atoms with E-state index in [1.165, 1.54) is 0 Å². The molecule has 0 aromatic carbocycles. The molecule has 1 aromatic heterocycles. The topological polar surface area (TPSA) is 86.2 Å². The predicted molar refractivity (Wildman–Crippen MR) is 87.7 cm³/mol. The third-order valence-corrected chi connectivity index (χ3v) is 4.99. The maximum absolute atomic E-state index is 12.4. The lowest BCUT2D eigenvalue weighted by molar-refractivity contribution is -0.132. The Morgan fingerprint density at radius 1 is 1.35 bits per heavy atom. The summed E-state index contributed by atoms with van der Waals surface area (Å²) in [6.07, 6.45) is 5.52. The van der Waals surface area contributed by atoms with Gasteiger partial charge in [-0.1, -0.05) is 6.42 Å². The average Bonchev–Trinajstić information content (AvgIpc) is 3.00. The van der Waals surface area contributed by atoms with Crippen molar-refractivity contribution in [3.8, 4) is 6.07 Å². The van der Waals surface area contributed by atoms with Crippen molar-refractivity contribution in [1.82, 2.24) is 9.88 Å². The first-order chi connectivity index (χ1) is 11.2. The van der Waals surface area contributed by atoms with E-state index in [2.05, 4.69) is 16.0 Å². The van der Waals surface area contributed by atoms with Crippen LogP contribution in [0.2, 0.25) is 0 Å². The van der Waals surface area contributed by atoms with Crippen molar-refractivity contribution in [3.63, 3.8) is 0 Å². The molecule has 0 spiro atoms. The van der Waals surface area contributed by atoms with Gasteiger partial charge in [-0.25, -0.2) is 4.98 Å². The highest BCUT2D eigenvalue weighted by Gasteiger charge is 2.29. The zero-order valence-electron chi connectivity index (χ0n) is 13.3. The second-order valence-corrected chi connectivity index (χ2v) is 6.44. The van der Waals surface area contributed by atoms with Gasteiger partial charge in [-0.05, 0) is 30.9 Å². The molecule has 2 aliphatic rings. The van der Waals surface area contributed by atoms with Gasteiger partial charge < -0.3 is 15.5 Å². The van der Waals surface area contributed by atoms with Gasteiger partial charge in [-0.2, -0.15) is 5.26 Å². The molecule has 122 valence electrons. The summed E-state index contributed by atoms with van der Waals surface area (Å²) in [6.45, 7) is 2.92. The first-order valence-electron chi connectivity index (χ1n) is 8.32. The predicted octanol–water partition coefficient (Wildman–Crippen LogP) is 1.12. The number of piperazine rings is 1. The van der Waals surface area contributed by atoms with Crippen LogP contribution in [0, 0.1) is 17.2 Å². The number of amides is 1. The third-order valence-electron chi connectivity index (χ3n) is 4.99. The van der Waals surface area contributed by atoms with Crippen LogP contribution in [-0.4, -0.2) is 48.0 Å². The van der Waals surface area contributed by atoms with Gasteiger partial charge in [-0.3, -0.25) is 4.79 Å². The van der Waals surface area contributed by atoms with Crippen LogP contribution in [0.3, 0.4) is 0 Å². The molecule has 3 rings (SSSR count). The lowest BCUT2D eigenvalue weighted by atomic mass is 9.99. The van der Waals surface area contributed by atoms with E-state index in [0.717, 1.165) is 38.2 Å². The summed E-state index contributed by atoms with van der Waals surface area (Å²) in [5.74, 6) is 1.40. The van der Waals surface area contributed by atoms with E-state index >= 15 is 0 Å². The van der Waals surface area contributed by atoms with Crippen molar-refractivity contribution in [2.75, 3.05) is 31.1 Å². The summed E-state index contributed by atoms with van der Waals surface area (Å²) in [5, 5.41) is 8.97. The number of carbonyl (C=O) groups excluding carboxylic acids is 1. The fourth-order valence-corrected chi connectivity index (χ4v) is 3.52. The molecule has 0 unspecified atom stereocenters. The minimum atomic E-state index is 0.193. The lowest BCUT2D eigenvalue weighted by Crippen LogP contribution is -2.49. The molecule has 1 aromatic rings. The highest BCUT2D eigenvalue weighted by atomic mass is 16.2. The number of hydrogen-bond donors (Lipinski definition) is 1. The largest absolute Gasteiger partial charge is 0.353 e. The highest BCUT2D eigenvalue weighted by molar-refractivity contribution is 5.77. The summed E-state index contributed by atoms with van der Waals surface area (Å²) < 4.78 is 0. The van der Waals surface area contributed by atoms with Crippen molar-refractivity contribution in [3.05, 3.63) is 23.9 Å². The summed E-state index contributed by atoms with van der Waals surface area (Å²) in [5.41, 5.74) is 6.68. The number of hydrogen-bond acceptors (Lipinski definition) is 5. The quantitative estimate of drug-likeness (QED) is 0.903. The Morgan fingerprint density at radius 3 is 2.78 bits per heavy atom. The molecular formula is C17H23N5O. The number of pyridine rings is 1. The van der Waals surface area contributed by atoms with Crippen LogP contribution in [0.4, 0.5) is 5.82 Å². The number of nitriles is 1. The molecule has 6 nitrogen and oxygen atoms in total. The van der Waals surface area contributed by atoms with Gasteiger partial charge in [0.15, 0.2) is 0 Å². The zero-order valence-corrected chi connectivity index (χ0v) is 13.3. The molecule has 1 saturated carbocycles. The molecule has 23 heavy (non-hydrogen) atoms. The van der Waals surface area contributed by atoms with E-state index < -0.39 is 0 Å². The van der Waals surface area contributed by atoms with Crippen LogP contribution in [0.25, 0.3) is 0 Å². The Hall–Kier alpha value is -2.13. The molecule has 0 bridgehead atoms. The minimum absolute atomic E-state index is 0.193. The van der Waals surface area contributed by atoms with E-state index in [0.29, 0.717) is 31.0 Å². The number of nitrogens with zero attached hydrogens (tertiary/aromatic N) is 4. The summed E-state index contributed by atoms with van der Waals surface area (Å²) >= 11 is 0. The summed E-state index contributed by atoms with van der Waals surface area (Å²) in [7, 11) is 0. The molecule has 2 heterocycles. The number of nitrogens with two attached hydrogens (primary N) is 1. The molecule has 1 saturated heterocycles. The van der Waals surface area contributed by atoms with Gasteiger partial charge in [0.1, 0.15) is 5.82 Å². The smallest absolute Gasteiger partial charge is 0.223 e. The molecule has 0 radical (unpaired) electrons. The van der Waals surface area contributed by atoms with E-state index in [1.807, 2.05) is 4.90 Å². The zero-order chi connectivity index (χ0) is 16.2. The van der Waals surface area contributed by atoms with Crippen molar-refractivity contribution in [2.45, 2.75) is 31.7 Å². The summed E-state index contributed by atoms with van der Waals surface area (Å²) in [6, 6.07) is 5.83. The maximum atomic E-state index is 12.4. The van der Waals surface area contributed by atoms with Gasteiger partial charge in [0.2, 0.25) is 5.91 Å². The molecule has 1 amide bonds. The van der Waals surface area contributed by atoms with Crippen molar-refractivity contribution in [2.24, 2.45) is 11.7 Å². The third kappa shape index (κ3) is 3.62.